The van der Waals surface area contributed by atoms with Gasteiger partial charge >= 0.3 is 6.18 Å². The van der Waals surface area contributed by atoms with Gasteiger partial charge in [0.15, 0.2) is 14.6 Å². The minimum Gasteiger partial charge on any atom is -0.351 e. The summed E-state index contributed by atoms with van der Waals surface area (Å²) in [6.45, 7) is 1.62. The molecule has 1 aromatic heterocycles. The van der Waals surface area contributed by atoms with Crippen LogP contribution in [0.15, 0.2) is 47.5 Å². The number of carbonyl (C=O) groups is 1. The van der Waals surface area contributed by atoms with E-state index in [1.807, 2.05) is 6.92 Å². The van der Waals surface area contributed by atoms with Crippen molar-refractivity contribution in [2.24, 2.45) is 0 Å². The molecule has 0 unspecified atom stereocenters. The molecule has 1 fully saturated rings. The average molecular weight is 426 g/mol. The van der Waals surface area contributed by atoms with E-state index in [1.54, 1.807) is 12.1 Å². The minimum atomic E-state index is -4.60. The highest BCUT2D eigenvalue weighted by molar-refractivity contribution is 7.93. The van der Waals surface area contributed by atoms with E-state index in [4.69, 9.17) is 0 Å². The van der Waals surface area contributed by atoms with Crippen molar-refractivity contribution in [2.45, 2.75) is 55.0 Å². The largest absolute Gasteiger partial charge is 0.433 e. The Bertz CT molecular complexity index is 996. The maximum absolute atomic E-state index is 13.3. The molecule has 29 heavy (non-hydrogen) atoms. The average Bonchev–Trinajstić information content (AvgIpc) is 3.18. The first kappa shape index (κ1) is 21.3. The van der Waals surface area contributed by atoms with Gasteiger partial charge in [-0.25, -0.2) is 8.42 Å². The van der Waals surface area contributed by atoms with Crippen LogP contribution in [0.4, 0.5) is 13.2 Å². The maximum Gasteiger partial charge on any atom is 0.433 e. The van der Waals surface area contributed by atoms with Gasteiger partial charge in [0.2, 0.25) is 5.91 Å². The summed E-state index contributed by atoms with van der Waals surface area (Å²) in [5.74, 6) is -0.680. The molecule has 1 amide bonds. The first-order chi connectivity index (χ1) is 13.6. The van der Waals surface area contributed by atoms with Crippen molar-refractivity contribution in [3.8, 4) is 0 Å². The Hall–Kier alpha value is -2.42. The van der Waals surface area contributed by atoms with Crippen LogP contribution >= 0.6 is 0 Å². The topological polar surface area (TPSA) is 76.1 Å². The molecule has 9 heteroatoms. The van der Waals surface area contributed by atoms with E-state index >= 15 is 0 Å². The van der Waals surface area contributed by atoms with Crippen molar-refractivity contribution >= 4 is 15.7 Å². The number of hydrogen-bond donors (Lipinski definition) is 1. The Morgan fingerprint density at radius 1 is 1.14 bits per heavy atom. The summed E-state index contributed by atoms with van der Waals surface area (Å²) in [4.78, 5) is 16.3. The van der Waals surface area contributed by atoms with Crippen molar-refractivity contribution in [3.05, 3.63) is 59.4 Å². The molecule has 1 aliphatic carbocycles. The van der Waals surface area contributed by atoms with Gasteiger partial charge in [-0.1, -0.05) is 30.5 Å². The Kier molecular flexibility index (Phi) is 5.71. The first-order valence-electron chi connectivity index (χ1n) is 9.18. The van der Waals surface area contributed by atoms with E-state index in [0.717, 1.165) is 17.8 Å². The molecule has 2 aromatic rings. The summed E-state index contributed by atoms with van der Waals surface area (Å²) in [6.07, 6.45) is -2.05. The minimum absolute atomic E-state index is 0.0726. The zero-order valence-corrected chi connectivity index (χ0v) is 16.6. The van der Waals surface area contributed by atoms with Crippen LogP contribution in [-0.4, -0.2) is 24.1 Å². The quantitative estimate of drug-likeness (QED) is 0.789. The second-order valence-electron chi connectivity index (χ2n) is 7.25. The Morgan fingerprint density at radius 3 is 2.34 bits per heavy atom. The predicted octanol–water partition coefficient (Wildman–Crippen LogP) is 3.81. The molecule has 3 rings (SSSR count). The van der Waals surface area contributed by atoms with E-state index in [9.17, 15) is 26.4 Å². The fourth-order valence-electron chi connectivity index (χ4n) is 3.59. The van der Waals surface area contributed by atoms with Gasteiger partial charge in [0, 0.05) is 12.7 Å². The van der Waals surface area contributed by atoms with Crippen molar-refractivity contribution in [2.75, 3.05) is 0 Å². The number of sulfone groups is 1. The SMILES string of the molecule is Cc1ccc(S(=O)(=O)C2(C(=O)NCc3ccnc(C(F)(F)F)c3)CCCC2)cc1. The van der Waals surface area contributed by atoms with Gasteiger partial charge in [0.1, 0.15) is 5.69 Å². The molecule has 1 aliphatic rings. The van der Waals surface area contributed by atoms with E-state index in [2.05, 4.69) is 10.3 Å². The smallest absolute Gasteiger partial charge is 0.351 e. The summed E-state index contributed by atoms with van der Waals surface area (Å²) in [6, 6.07) is 8.50. The number of alkyl halides is 3. The third kappa shape index (κ3) is 4.14. The molecule has 5 nitrogen and oxygen atoms in total. The highest BCUT2D eigenvalue weighted by Crippen LogP contribution is 2.41. The lowest BCUT2D eigenvalue weighted by Crippen LogP contribution is -2.50. The first-order valence-corrected chi connectivity index (χ1v) is 10.7. The third-order valence-electron chi connectivity index (χ3n) is 5.24. The number of aryl methyl sites for hydroxylation is 1. The number of halogens is 3. The van der Waals surface area contributed by atoms with Crippen molar-refractivity contribution in [1.29, 1.82) is 0 Å². The van der Waals surface area contributed by atoms with Crippen LogP contribution in [-0.2, 0) is 27.4 Å². The fraction of sp³-hybridized carbons (Fsp3) is 0.400. The molecular weight excluding hydrogens is 405 g/mol. The molecular formula is C20H21F3N2O3S. The van der Waals surface area contributed by atoms with Crippen LogP contribution in [0.1, 0.15) is 42.5 Å². The summed E-state index contributed by atoms with van der Waals surface area (Å²) >= 11 is 0. The van der Waals surface area contributed by atoms with Gasteiger partial charge in [-0.2, -0.15) is 13.2 Å². The monoisotopic (exact) mass is 426 g/mol. The molecule has 1 heterocycles. The van der Waals surface area contributed by atoms with Crippen LogP contribution in [0.5, 0.6) is 0 Å². The van der Waals surface area contributed by atoms with Gasteiger partial charge in [-0.3, -0.25) is 9.78 Å². The number of amides is 1. The van der Waals surface area contributed by atoms with Gasteiger partial charge in [0.05, 0.1) is 4.90 Å². The number of rotatable bonds is 5. The molecule has 0 bridgehead atoms. The normalized spacial score (nSPS) is 16.6. The number of aromatic nitrogens is 1. The molecule has 0 atom stereocenters. The summed E-state index contributed by atoms with van der Waals surface area (Å²) in [5, 5.41) is 2.53. The molecule has 0 saturated heterocycles. The van der Waals surface area contributed by atoms with Crippen LogP contribution < -0.4 is 5.32 Å². The van der Waals surface area contributed by atoms with Crippen molar-refractivity contribution < 1.29 is 26.4 Å². The van der Waals surface area contributed by atoms with E-state index < -0.39 is 32.4 Å². The highest BCUT2D eigenvalue weighted by atomic mass is 32.2. The lowest BCUT2D eigenvalue weighted by molar-refractivity contribution is -0.141. The lowest BCUT2D eigenvalue weighted by Gasteiger charge is -2.27. The zero-order chi connectivity index (χ0) is 21.3. The maximum atomic E-state index is 13.3. The second-order valence-corrected chi connectivity index (χ2v) is 9.51. The zero-order valence-electron chi connectivity index (χ0n) is 15.8. The Morgan fingerprint density at radius 2 is 1.76 bits per heavy atom. The lowest BCUT2D eigenvalue weighted by atomic mass is 10.1. The molecule has 1 aromatic carbocycles. The summed E-state index contributed by atoms with van der Waals surface area (Å²) < 4.78 is 63.4. The van der Waals surface area contributed by atoms with E-state index in [1.165, 1.54) is 18.2 Å². The van der Waals surface area contributed by atoms with E-state index in [0.29, 0.717) is 12.8 Å². The van der Waals surface area contributed by atoms with Crippen LogP contribution in [0.2, 0.25) is 0 Å². The Labute approximate surface area is 167 Å². The number of carbonyl (C=O) groups excluding carboxylic acids is 1. The molecule has 1 N–H and O–H groups in total. The number of nitrogens with zero attached hydrogens (tertiary/aromatic N) is 1. The predicted molar refractivity (Wildman–Crippen MR) is 101 cm³/mol. The fourth-order valence-corrected chi connectivity index (χ4v) is 5.68. The number of pyridine rings is 1. The van der Waals surface area contributed by atoms with Crippen LogP contribution in [0, 0.1) is 6.92 Å². The van der Waals surface area contributed by atoms with Gasteiger partial charge < -0.3 is 5.32 Å². The number of nitrogens with one attached hydrogen (secondary N) is 1. The van der Waals surface area contributed by atoms with Gasteiger partial charge in [-0.05, 0) is 49.6 Å². The number of hydrogen-bond acceptors (Lipinski definition) is 4. The second kappa shape index (κ2) is 7.78. The van der Waals surface area contributed by atoms with E-state index in [-0.39, 0.29) is 29.8 Å². The van der Waals surface area contributed by atoms with Gasteiger partial charge in [0.25, 0.3) is 0 Å². The van der Waals surface area contributed by atoms with Crippen LogP contribution in [0.25, 0.3) is 0 Å². The van der Waals surface area contributed by atoms with Gasteiger partial charge in [-0.15, -0.1) is 0 Å². The molecule has 156 valence electrons. The molecule has 0 aliphatic heterocycles. The summed E-state index contributed by atoms with van der Waals surface area (Å²) in [5.41, 5.74) is 0.0284. The van der Waals surface area contributed by atoms with Crippen molar-refractivity contribution in [3.63, 3.8) is 0 Å². The summed E-state index contributed by atoms with van der Waals surface area (Å²) in [7, 11) is -3.96. The molecule has 0 radical (unpaired) electrons. The highest BCUT2D eigenvalue weighted by Gasteiger charge is 2.52. The Balaban J connectivity index is 1.84. The molecule has 0 spiro atoms. The molecule has 1 saturated carbocycles. The van der Waals surface area contributed by atoms with Crippen LogP contribution in [0.3, 0.4) is 0 Å². The standard InChI is InChI=1S/C20H21F3N2O3S/c1-14-4-6-16(7-5-14)29(27,28)19(9-2-3-10-19)18(26)25-13-15-8-11-24-17(12-15)20(21,22)23/h4-8,11-12H,2-3,9-10,13H2,1H3,(H,25,26). The van der Waals surface area contributed by atoms with Crippen molar-refractivity contribution in [1.82, 2.24) is 10.3 Å². The third-order valence-corrected chi connectivity index (χ3v) is 7.75. The number of benzene rings is 1.